The third-order valence-corrected chi connectivity index (χ3v) is 8.63. The summed E-state index contributed by atoms with van der Waals surface area (Å²) in [5.74, 6) is 2.11. The van der Waals surface area contributed by atoms with Crippen LogP contribution in [0.4, 0.5) is 0 Å². The zero-order valence-corrected chi connectivity index (χ0v) is 22.7. The molecule has 0 aliphatic carbocycles. The first kappa shape index (κ1) is 25.6. The van der Waals surface area contributed by atoms with Crippen LogP contribution in [-0.2, 0) is 29.5 Å². The molecule has 8 heteroatoms. The summed E-state index contributed by atoms with van der Waals surface area (Å²) in [5.41, 5.74) is 1.49. The van der Waals surface area contributed by atoms with Gasteiger partial charge in [0, 0.05) is 37.7 Å². The molecule has 2 aliphatic heterocycles. The van der Waals surface area contributed by atoms with E-state index in [9.17, 15) is 9.36 Å². The van der Waals surface area contributed by atoms with Crippen LogP contribution >= 0.6 is 7.14 Å². The van der Waals surface area contributed by atoms with Gasteiger partial charge >= 0.3 is 0 Å². The van der Waals surface area contributed by atoms with E-state index in [-0.39, 0.29) is 31.6 Å². The Kier molecular flexibility index (Phi) is 7.28. The summed E-state index contributed by atoms with van der Waals surface area (Å²) in [6, 6.07) is 25.8. The van der Waals surface area contributed by atoms with Gasteiger partial charge in [-0.1, -0.05) is 48.5 Å². The van der Waals surface area contributed by atoms with Crippen LogP contribution in [0.3, 0.4) is 0 Å². The first-order chi connectivity index (χ1) is 16.9. The molecule has 36 heavy (non-hydrogen) atoms. The first-order valence-electron chi connectivity index (χ1n) is 10.9. The molecule has 1 radical (unpaired) electrons. The van der Waals surface area contributed by atoms with Crippen molar-refractivity contribution in [3.8, 4) is 34.3 Å². The smallest absolute Gasteiger partial charge is 0.155 e. The summed E-state index contributed by atoms with van der Waals surface area (Å²) in [7, 11) is -3.13. The van der Waals surface area contributed by atoms with E-state index in [1.54, 1.807) is 6.20 Å². The van der Waals surface area contributed by atoms with Gasteiger partial charge in [0.25, 0.3) is 0 Å². The third kappa shape index (κ3) is 4.54. The largest absolute Gasteiger partial charge is 0.512 e. The Morgan fingerprint density at radius 2 is 1.53 bits per heavy atom. The Bertz CT molecular complexity index is 1460. The molecule has 0 saturated heterocycles. The van der Waals surface area contributed by atoms with Crippen LogP contribution in [0.1, 0.15) is 13.8 Å². The Morgan fingerprint density at radius 3 is 2.08 bits per heavy atom. The average molecular weight is 675 g/mol. The van der Waals surface area contributed by atoms with E-state index in [0.29, 0.717) is 38.9 Å². The van der Waals surface area contributed by atoms with Crippen LogP contribution in [0.25, 0.3) is 11.3 Å². The molecule has 1 unspecified atom stereocenters. The third-order valence-electron chi connectivity index (χ3n) is 5.48. The van der Waals surface area contributed by atoms with Gasteiger partial charge in [0.05, 0.1) is 27.9 Å². The molecule has 1 aromatic heterocycles. The van der Waals surface area contributed by atoms with Gasteiger partial charge in [-0.15, -0.1) is 5.56 Å². The maximum absolute atomic E-state index is 14.6. The maximum Gasteiger partial charge on any atom is 0.155 e. The van der Waals surface area contributed by atoms with Crippen LogP contribution in [-0.4, -0.2) is 15.9 Å². The Morgan fingerprint density at radius 1 is 0.917 bits per heavy atom. The van der Waals surface area contributed by atoms with Crippen molar-refractivity contribution in [1.29, 1.82) is 0 Å². The van der Waals surface area contributed by atoms with Crippen molar-refractivity contribution in [3.05, 3.63) is 96.9 Å². The number of hydrogen-bond donors (Lipinski definition) is 1. The van der Waals surface area contributed by atoms with Gasteiger partial charge in [-0.2, -0.15) is 0 Å². The number of ether oxygens (including phenoxy) is 2. The number of carbonyl (C=O) groups excluding carboxylic acids is 1. The molecular weight excluding hydrogens is 654 g/mol. The molecule has 1 N–H and O–H groups in total. The number of aliphatic hydroxyl groups excluding tert-OH is 1. The number of para-hydroxylation sites is 2. The molecule has 3 aromatic carbocycles. The van der Waals surface area contributed by atoms with E-state index in [1.807, 2.05) is 72.8 Å². The molecule has 2 aliphatic rings. The number of benzene rings is 3. The van der Waals surface area contributed by atoms with Gasteiger partial charge in [0.2, 0.25) is 0 Å². The number of aromatic nitrogens is 1. The molecule has 6 rings (SSSR count). The Balaban J connectivity index is 0.000000338. The number of rotatable bonds is 2. The minimum absolute atomic E-state index is 0. The molecule has 0 amide bonds. The Labute approximate surface area is 222 Å². The first-order valence-corrected chi connectivity index (χ1v) is 12.6. The molecule has 1 atom stereocenters. The minimum atomic E-state index is -3.13. The van der Waals surface area contributed by atoms with Crippen molar-refractivity contribution in [1.82, 2.24) is 4.98 Å². The van der Waals surface area contributed by atoms with Crippen molar-refractivity contribution in [3.63, 3.8) is 0 Å². The SMILES string of the molecule is CC(=O)/C=C(/C)O.O=P12c3ccccc3Oc3[c-]c(-c4ccccn4)cc(c31)Oc1ccccc12.[Ir]. The van der Waals surface area contributed by atoms with Crippen LogP contribution in [0.5, 0.6) is 23.0 Å². The number of hydrogen-bond acceptors (Lipinski definition) is 6. The van der Waals surface area contributed by atoms with Crippen LogP contribution in [0.15, 0.2) is 90.8 Å². The van der Waals surface area contributed by atoms with Gasteiger partial charge in [-0.3, -0.25) is 4.79 Å². The van der Waals surface area contributed by atoms with E-state index < -0.39 is 7.14 Å². The second-order valence-corrected chi connectivity index (χ2v) is 10.7. The topological polar surface area (TPSA) is 85.7 Å². The summed E-state index contributed by atoms with van der Waals surface area (Å²) in [6.07, 6.45) is 2.89. The zero-order chi connectivity index (χ0) is 24.6. The number of ketones is 1. The molecule has 6 nitrogen and oxygen atoms in total. The second kappa shape index (κ2) is 10.2. The molecule has 4 aromatic rings. The van der Waals surface area contributed by atoms with E-state index in [1.165, 1.54) is 19.9 Å². The number of carbonyl (C=O) groups is 1. The zero-order valence-electron chi connectivity index (χ0n) is 19.4. The number of nitrogens with zero attached hydrogens (tertiary/aromatic N) is 1. The molecule has 0 fully saturated rings. The predicted molar refractivity (Wildman–Crippen MR) is 135 cm³/mol. The van der Waals surface area contributed by atoms with Crippen molar-refractivity contribution >= 4 is 28.8 Å². The quantitative estimate of drug-likeness (QED) is 0.114. The molecular formula is C28H21IrNO5P-. The standard InChI is InChI=1S/C23H13NO3P.C5H8O2.Ir/c25-28-21-10-3-1-8-17(21)26-19-13-15(16-7-5-6-12-24-16)14-20(23(19)28)27-18-9-2-4-11-22(18)28;1-4(6)3-5(2)7;/h1-13H;3,6H,1-2H3;/q-1;;/b;4-3-;. The van der Waals surface area contributed by atoms with Gasteiger partial charge < -0.3 is 24.1 Å². The molecule has 0 saturated carbocycles. The van der Waals surface area contributed by atoms with Gasteiger partial charge in [-0.05, 0) is 49.9 Å². The van der Waals surface area contributed by atoms with E-state index in [0.717, 1.165) is 11.3 Å². The van der Waals surface area contributed by atoms with E-state index >= 15 is 0 Å². The Hall–Kier alpha value is -3.50. The minimum Gasteiger partial charge on any atom is -0.512 e. The van der Waals surface area contributed by atoms with E-state index in [4.69, 9.17) is 14.6 Å². The monoisotopic (exact) mass is 675 g/mol. The molecule has 0 spiro atoms. The maximum atomic E-state index is 14.6. The fourth-order valence-electron chi connectivity index (χ4n) is 4.14. The predicted octanol–water partition coefficient (Wildman–Crippen LogP) is 5.43. The molecule has 0 bridgehead atoms. The summed E-state index contributed by atoms with van der Waals surface area (Å²) >= 11 is 0. The molecule has 183 valence electrons. The van der Waals surface area contributed by atoms with Gasteiger partial charge in [0.1, 0.15) is 18.6 Å². The second-order valence-electron chi connectivity index (χ2n) is 8.09. The van der Waals surface area contributed by atoms with Crippen molar-refractivity contribution in [2.24, 2.45) is 0 Å². The number of pyridine rings is 1. The van der Waals surface area contributed by atoms with Crippen molar-refractivity contribution in [2.75, 3.05) is 0 Å². The van der Waals surface area contributed by atoms with Crippen LogP contribution in [0, 0.1) is 6.07 Å². The summed E-state index contributed by atoms with van der Waals surface area (Å²) < 4.78 is 26.9. The van der Waals surface area contributed by atoms with Crippen LogP contribution < -0.4 is 25.4 Å². The molecule has 3 heterocycles. The fourth-order valence-corrected chi connectivity index (χ4v) is 7.14. The van der Waals surface area contributed by atoms with Crippen LogP contribution in [0.2, 0.25) is 0 Å². The van der Waals surface area contributed by atoms with E-state index in [2.05, 4.69) is 11.1 Å². The van der Waals surface area contributed by atoms with Gasteiger partial charge in [-0.25, -0.2) is 0 Å². The number of allylic oxidation sites excluding steroid dienone is 2. The van der Waals surface area contributed by atoms with Crippen molar-refractivity contribution in [2.45, 2.75) is 13.8 Å². The number of aliphatic hydroxyl groups is 1. The summed E-state index contributed by atoms with van der Waals surface area (Å²) in [5, 5.41) is 10.3. The fraction of sp³-hybridized carbons (Fsp3) is 0.0714. The van der Waals surface area contributed by atoms with Gasteiger partial charge in [0.15, 0.2) is 5.78 Å². The summed E-state index contributed by atoms with van der Waals surface area (Å²) in [4.78, 5) is 14.4. The number of fused-ring (bicyclic) bond motifs is 4. The normalized spacial score (nSPS) is 16.3. The summed E-state index contributed by atoms with van der Waals surface area (Å²) in [6.45, 7) is 2.85. The van der Waals surface area contributed by atoms with Crippen molar-refractivity contribution < 1.29 is 44.0 Å². The average Bonchev–Trinajstić information content (AvgIpc) is 2.84.